The van der Waals surface area contributed by atoms with E-state index in [1.54, 1.807) is 12.1 Å². The standard InChI is InChI=1S/C16H18N2O3/c19-14-4-3-11-7-18(8-12(11)14)16(21)10-2-1-9-6-15(20)17-13(9)5-10/h1-2,5,11-12,14,19H,3-4,6-8H2,(H,17,20). The molecular formula is C16H18N2O3. The van der Waals surface area contributed by atoms with Crippen molar-refractivity contribution in [3.8, 4) is 0 Å². The molecule has 1 aliphatic carbocycles. The lowest BCUT2D eigenvalue weighted by Crippen LogP contribution is -2.31. The number of hydrogen-bond acceptors (Lipinski definition) is 3. The first-order chi connectivity index (χ1) is 10.1. The first-order valence-electron chi connectivity index (χ1n) is 7.52. The molecule has 0 aromatic heterocycles. The first-order valence-corrected chi connectivity index (χ1v) is 7.52. The molecule has 3 aliphatic rings. The van der Waals surface area contributed by atoms with Crippen LogP contribution < -0.4 is 5.32 Å². The number of aliphatic hydroxyl groups excluding tert-OH is 1. The maximum atomic E-state index is 12.6. The smallest absolute Gasteiger partial charge is 0.253 e. The second-order valence-electron chi connectivity index (χ2n) is 6.38. The van der Waals surface area contributed by atoms with Crippen LogP contribution >= 0.6 is 0 Å². The molecule has 5 nitrogen and oxygen atoms in total. The van der Waals surface area contributed by atoms with Crippen LogP contribution in [-0.4, -0.2) is 41.0 Å². The summed E-state index contributed by atoms with van der Waals surface area (Å²) in [5, 5.41) is 12.7. The van der Waals surface area contributed by atoms with Gasteiger partial charge in [-0.2, -0.15) is 0 Å². The van der Waals surface area contributed by atoms with Crippen molar-refractivity contribution < 1.29 is 14.7 Å². The van der Waals surface area contributed by atoms with Gasteiger partial charge in [-0.05, 0) is 36.5 Å². The van der Waals surface area contributed by atoms with E-state index in [1.165, 1.54) is 0 Å². The summed E-state index contributed by atoms with van der Waals surface area (Å²) in [6, 6.07) is 5.42. The molecule has 1 saturated heterocycles. The molecule has 21 heavy (non-hydrogen) atoms. The van der Waals surface area contributed by atoms with Crippen LogP contribution in [-0.2, 0) is 11.2 Å². The number of nitrogens with one attached hydrogen (secondary N) is 1. The minimum absolute atomic E-state index is 0.000508. The molecule has 110 valence electrons. The zero-order valence-electron chi connectivity index (χ0n) is 11.7. The fourth-order valence-corrected chi connectivity index (χ4v) is 3.93. The van der Waals surface area contributed by atoms with Crippen LogP contribution in [0.4, 0.5) is 5.69 Å². The molecule has 0 bridgehead atoms. The predicted octanol–water partition coefficient (Wildman–Crippen LogP) is 1.02. The quantitative estimate of drug-likeness (QED) is 0.810. The molecule has 1 aromatic carbocycles. The molecule has 0 spiro atoms. The van der Waals surface area contributed by atoms with Gasteiger partial charge in [-0.15, -0.1) is 0 Å². The van der Waals surface area contributed by atoms with E-state index in [0.29, 0.717) is 24.4 Å². The molecule has 1 saturated carbocycles. The normalized spacial score (nSPS) is 30.2. The maximum Gasteiger partial charge on any atom is 0.253 e. The number of anilines is 1. The van der Waals surface area contributed by atoms with Crippen molar-refractivity contribution in [1.82, 2.24) is 4.90 Å². The molecule has 2 fully saturated rings. The van der Waals surface area contributed by atoms with Crippen molar-refractivity contribution in [2.24, 2.45) is 11.8 Å². The van der Waals surface area contributed by atoms with E-state index >= 15 is 0 Å². The van der Waals surface area contributed by atoms with Crippen molar-refractivity contribution in [1.29, 1.82) is 0 Å². The van der Waals surface area contributed by atoms with E-state index in [2.05, 4.69) is 5.32 Å². The average Bonchev–Trinajstić information content (AvgIpc) is 3.12. The van der Waals surface area contributed by atoms with Crippen LogP contribution in [0.25, 0.3) is 0 Å². The van der Waals surface area contributed by atoms with E-state index in [9.17, 15) is 14.7 Å². The van der Waals surface area contributed by atoms with Crippen molar-refractivity contribution in [3.63, 3.8) is 0 Å². The number of carbonyl (C=O) groups excluding carboxylic acids is 2. The van der Waals surface area contributed by atoms with Gasteiger partial charge in [-0.3, -0.25) is 9.59 Å². The topological polar surface area (TPSA) is 69.6 Å². The Kier molecular flexibility index (Phi) is 2.79. The van der Waals surface area contributed by atoms with E-state index in [-0.39, 0.29) is 23.8 Å². The largest absolute Gasteiger partial charge is 0.393 e. The summed E-state index contributed by atoms with van der Waals surface area (Å²) in [5.74, 6) is 0.662. The third kappa shape index (κ3) is 2.03. The highest BCUT2D eigenvalue weighted by atomic mass is 16.3. The summed E-state index contributed by atoms with van der Waals surface area (Å²) in [4.78, 5) is 25.8. The zero-order valence-corrected chi connectivity index (χ0v) is 11.7. The summed E-state index contributed by atoms with van der Waals surface area (Å²) in [7, 11) is 0. The Balaban J connectivity index is 1.54. The number of carbonyl (C=O) groups is 2. The third-order valence-electron chi connectivity index (χ3n) is 5.09. The van der Waals surface area contributed by atoms with E-state index in [4.69, 9.17) is 0 Å². The SMILES string of the molecule is O=C1Cc2ccc(C(=O)N3CC4CCC(O)C4C3)cc2N1. The number of aliphatic hydroxyl groups is 1. The Labute approximate surface area is 122 Å². The number of benzene rings is 1. The Bertz CT molecular complexity index is 628. The van der Waals surface area contributed by atoms with Gasteiger partial charge in [0.15, 0.2) is 0 Å². The molecule has 3 atom stereocenters. The molecule has 0 radical (unpaired) electrons. The molecule has 4 rings (SSSR count). The molecular weight excluding hydrogens is 268 g/mol. The second-order valence-corrected chi connectivity index (χ2v) is 6.38. The van der Waals surface area contributed by atoms with Gasteiger partial charge >= 0.3 is 0 Å². The van der Waals surface area contributed by atoms with Crippen LogP contribution in [0, 0.1) is 11.8 Å². The van der Waals surface area contributed by atoms with Crippen LogP contribution in [0.3, 0.4) is 0 Å². The van der Waals surface area contributed by atoms with E-state index < -0.39 is 0 Å². The molecule has 3 unspecified atom stereocenters. The number of fused-ring (bicyclic) bond motifs is 2. The van der Waals surface area contributed by atoms with Crippen molar-refractivity contribution in [3.05, 3.63) is 29.3 Å². The van der Waals surface area contributed by atoms with Gasteiger partial charge in [-0.25, -0.2) is 0 Å². The van der Waals surface area contributed by atoms with Gasteiger partial charge in [0.05, 0.1) is 12.5 Å². The van der Waals surface area contributed by atoms with Crippen LogP contribution in [0.15, 0.2) is 18.2 Å². The van der Waals surface area contributed by atoms with Gasteiger partial charge < -0.3 is 15.3 Å². The first kappa shape index (κ1) is 12.8. The van der Waals surface area contributed by atoms with Crippen molar-refractivity contribution in [2.45, 2.75) is 25.4 Å². The Hall–Kier alpha value is -1.88. The van der Waals surface area contributed by atoms with E-state index in [0.717, 1.165) is 30.6 Å². The van der Waals surface area contributed by atoms with Crippen molar-refractivity contribution in [2.75, 3.05) is 18.4 Å². The molecule has 2 amide bonds. The number of nitrogens with zero attached hydrogens (tertiary/aromatic N) is 1. The Morgan fingerprint density at radius 1 is 1.29 bits per heavy atom. The predicted molar refractivity (Wildman–Crippen MR) is 76.9 cm³/mol. The van der Waals surface area contributed by atoms with Crippen molar-refractivity contribution >= 4 is 17.5 Å². The number of likely N-dealkylation sites (tertiary alicyclic amines) is 1. The van der Waals surface area contributed by atoms with Gasteiger partial charge in [0.25, 0.3) is 5.91 Å². The Morgan fingerprint density at radius 2 is 2.14 bits per heavy atom. The molecule has 2 heterocycles. The van der Waals surface area contributed by atoms with Gasteiger partial charge in [0, 0.05) is 30.3 Å². The summed E-state index contributed by atoms with van der Waals surface area (Å²) < 4.78 is 0. The van der Waals surface area contributed by atoms with Gasteiger partial charge in [-0.1, -0.05) is 6.07 Å². The minimum atomic E-state index is -0.257. The fraction of sp³-hybridized carbons (Fsp3) is 0.500. The molecule has 2 aliphatic heterocycles. The summed E-state index contributed by atoms with van der Waals surface area (Å²) >= 11 is 0. The van der Waals surface area contributed by atoms with E-state index in [1.807, 2.05) is 11.0 Å². The lowest BCUT2D eigenvalue weighted by atomic mass is 10.00. The summed E-state index contributed by atoms with van der Waals surface area (Å²) in [6.45, 7) is 1.39. The second kappa shape index (κ2) is 4.56. The molecule has 5 heteroatoms. The lowest BCUT2D eigenvalue weighted by Gasteiger charge is -2.19. The molecule has 2 N–H and O–H groups in total. The monoisotopic (exact) mass is 286 g/mol. The van der Waals surface area contributed by atoms with Crippen LogP contribution in [0.2, 0.25) is 0 Å². The lowest BCUT2D eigenvalue weighted by molar-refractivity contribution is -0.115. The average molecular weight is 286 g/mol. The summed E-state index contributed by atoms with van der Waals surface area (Å²) in [5.41, 5.74) is 2.32. The minimum Gasteiger partial charge on any atom is -0.393 e. The van der Waals surface area contributed by atoms with Gasteiger partial charge in [0.2, 0.25) is 5.91 Å². The highest BCUT2D eigenvalue weighted by Crippen LogP contribution is 2.38. The summed E-state index contributed by atoms with van der Waals surface area (Å²) in [6.07, 6.45) is 2.01. The Morgan fingerprint density at radius 3 is 2.95 bits per heavy atom. The fourth-order valence-electron chi connectivity index (χ4n) is 3.93. The zero-order chi connectivity index (χ0) is 14.6. The number of hydrogen-bond donors (Lipinski definition) is 2. The van der Waals surface area contributed by atoms with Gasteiger partial charge in [0.1, 0.15) is 0 Å². The highest BCUT2D eigenvalue weighted by molar-refractivity contribution is 6.02. The third-order valence-corrected chi connectivity index (χ3v) is 5.09. The number of rotatable bonds is 1. The molecule has 1 aromatic rings. The van der Waals surface area contributed by atoms with Crippen LogP contribution in [0.5, 0.6) is 0 Å². The number of amides is 2. The highest BCUT2D eigenvalue weighted by Gasteiger charge is 2.43. The maximum absolute atomic E-state index is 12.6. The van der Waals surface area contributed by atoms with Crippen LogP contribution in [0.1, 0.15) is 28.8 Å².